The molecule has 0 N–H and O–H groups in total. The normalized spacial score (nSPS) is 16.8. The molecule has 0 radical (unpaired) electrons. The number of halogens is 7. The van der Waals surface area contributed by atoms with E-state index in [1.54, 1.807) is 6.07 Å². The van der Waals surface area contributed by atoms with Gasteiger partial charge in [0.05, 0.1) is 10.5 Å². The maximum absolute atomic E-state index is 13.2. The Kier molecular flexibility index (Phi) is 5.60. The van der Waals surface area contributed by atoms with Gasteiger partial charge in [0, 0.05) is 23.4 Å². The molecule has 1 aliphatic rings. The maximum atomic E-state index is 13.2. The summed E-state index contributed by atoms with van der Waals surface area (Å²) in [7, 11) is -8.02. The lowest BCUT2D eigenvalue weighted by Gasteiger charge is -2.21. The first-order valence-corrected chi connectivity index (χ1v) is 9.69. The highest BCUT2D eigenvalue weighted by molar-refractivity contribution is 7.86. The van der Waals surface area contributed by atoms with Crippen molar-refractivity contribution in [2.24, 2.45) is 0 Å². The van der Waals surface area contributed by atoms with Crippen LogP contribution in [0.15, 0.2) is 24.3 Å². The van der Waals surface area contributed by atoms with Crippen molar-refractivity contribution in [1.82, 2.24) is 0 Å². The average molecular weight is 424 g/mol. The first kappa shape index (κ1) is 20.9. The summed E-state index contributed by atoms with van der Waals surface area (Å²) < 4.78 is 112. The second-order valence-electron chi connectivity index (χ2n) is 5.51. The summed E-state index contributed by atoms with van der Waals surface area (Å²) in [6.45, 7) is 0. The van der Waals surface area contributed by atoms with Gasteiger partial charge in [-0.2, -0.15) is 13.2 Å². The van der Waals surface area contributed by atoms with Gasteiger partial charge in [0.2, 0.25) is 0 Å². The van der Waals surface area contributed by atoms with Crippen LogP contribution in [0.5, 0.6) is 0 Å². The molecular formula is C14H11F7O3S2. The summed E-state index contributed by atoms with van der Waals surface area (Å²) in [6, 6.07) is 5.32. The molecule has 3 nitrogen and oxygen atoms in total. The molecule has 0 saturated heterocycles. The Morgan fingerprint density at radius 1 is 1.04 bits per heavy atom. The van der Waals surface area contributed by atoms with E-state index in [9.17, 15) is 30.7 Å². The second-order valence-corrected chi connectivity index (χ2v) is 8.87. The third-order valence-electron chi connectivity index (χ3n) is 3.75. The number of thiophene rings is 1. The van der Waals surface area contributed by atoms with E-state index in [1.807, 2.05) is 0 Å². The molecule has 0 amide bonds. The molecule has 0 aliphatic heterocycles. The first-order valence-electron chi connectivity index (χ1n) is 7.06. The number of alkyl halides is 6. The van der Waals surface area contributed by atoms with Gasteiger partial charge in [-0.25, -0.2) is 12.8 Å². The van der Waals surface area contributed by atoms with Crippen molar-refractivity contribution in [2.45, 2.75) is 36.2 Å². The molecule has 1 atom stereocenters. The molecular weight excluding hydrogens is 413 g/mol. The molecule has 1 saturated carbocycles. The van der Waals surface area contributed by atoms with Crippen LogP contribution < -0.4 is 0 Å². The lowest BCUT2D eigenvalue weighted by molar-refractivity contribution is -0.0868. The van der Waals surface area contributed by atoms with Crippen LogP contribution in [-0.2, 0) is 15.6 Å². The molecule has 146 valence electrons. The van der Waals surface area contributed by atoms with Crippen LogP contribution in [0.3, 0.4) is 0 Å². The summed E-state index contributed by atoms with van der Waals surface area (Å²) in [4.78, 5) is 0.453. The van der Waals surface area contributed by atoms with Crippen molar-refractivity contribution in [3.05, 3.63) is 35.0 Å². The Morgan fingerprint density at radius 2 is 1.58 bits per heavy atom. The van der Waals surface area contributed by atoms with Crippen molar-refractivity contribution in [3.8, 4) is 0 Å². The van der Waals surface area contributed by atoms with Gasteiger partial charge in [-0.05, 0) is 25.0 Å². The average Bonchev–Trinajstić information content (AvgIpc) is 2.72. The van der Waals surface area contributed by atoms with Crippen molar-refractivity contribution in [3.63, 3.8) is 0 Å². The standard InChI is InChI=1S/C13H11F4S.CHF3O3S/c14-10-5-4-9-6-11(8-2-1-3-8)18(12(9)7-10)13(15,16)17;2-1(3,4)8(5,6)7/h4-8H,1-3H2;(H,5,6,7)/q+1;/p-1. The predicted molar refractivity (Wildman–Crippen MR) is 80.0 cm³/mol. The van der Waals surface area contributed by atoms with Crippen molar-refractivity contribution < 1.29 is 43.7 Å². The topological polar surface area (TPSA) is 57.2 Å². The van der Waals surface area contributed by atoms with Crippen LogP contribution in [-0.4, -0.2) is 18.5 Å². The lowest BCUT2D eigenvalue weighted by atomic mass is 9.84. The van der Waals surface area contributed by atoms with E-state index in [0.29, 0.717) is 10.3 Å². The Morgan fingerprint density at radius 3 is 1.96 bits per heavy atom. The highest BCUT2D eigenvalue weighted by atomic mass is 32.2. The quantitative estimate of drug-likeness (QED) is 0.262. The Hall–Kier alpha value is -1.40. The van der Waals surface area contributed by atoms with Gasteiger partial charge in [0.15, 0.2) is 19.7 Å². The number of hydrogen-bond donors (Lipinski definition) is 0. The van der Waals surface area contributed by atoms with Crippen LogP contribution >= 0.6 is 10.5 Å². The van der Waals surface area contributed by atoms with Crippen molar-refractivity contribution in [1.29, 1.82) is 0 Å². The van der Waals surface area contributed by atoms with Crippen molar-refractivity contribution >= 4 is 30.7 Å². The molecule has 1 fully saturated rings. The number of hydrogen-bond acceptors (Lipinski definition) is 3. The largest absolute Gasteiger partial charge is 0.741 e. The van der Waals surface area contributed by atoms with Gasteiger partial charge < -0.3 is 4.55 Å². The van der Waals surface area contributed by atoms with E-state index in [1.165, 1.54) is 12.1 Å². The zero-order chi connectivity index (χ0) is 19.9. The highest BCUT2D eigenvalue weighted by Gasteiger charge is 2.50. The molecule has 2 aromatic rings. The third-order valence-corrected chi connectivity index (χ3v) is 6.50. The molecule has 0 spiro atoms. The van der Waals surface area contributed by atoms with E-state index in [2.05, 4.69) is 0 Å². The molecule has 1 aromatic carbocycles. The number of benzene rings is 1. The van der Waals surface area contributed by atoms with E-state index >= 15 is 0 Å². The van der Waals surface area contributed by atoms with Crippen LogP contribution in [0.4, 0.5) is 30.7 Å². The van der Waals surface area contributed by atoms with Gasteiger partial charge in [0.25, 0.3) is 0 Å². The van der Waals surface area contributed by atoms with Gasteiger partial charge >= 0.3 is 11.0 Å². The highest BCUT2D eigenvalue weighted by Crippen LogP contribution is 2.56. The lowest BCUT2D eigenvalue weighted by Crippen LogP contribution is -2.21. The van der Waals surface area contributed by atoms with Crippen LogP contribution in [0.2, 0.25) is 0 Å². The zero-order valence-corrected chi connectivity index (χ0v) is 14.3. The van der Waals surface area contributed by atoms with Crippen LogP contribution in [0.25, 0.3) is 10.1 Å². The Balaban J connectivity index is 0.000000260. The van der Waals surface area contributed by atoms with Crippen molar-refractivity contribution in [2.75, 3.05) is 0 Å². The summed E-state index contributed by atoms with van der Waals surface area (Å²) in [6.07, 6.45) is 2.63. The fourth-order valence-electron chi connectivity index (χ4n) is 2.38. The van der Waals surface area contributed by atoms with Crippen LogP contribution in [0.1, 0.15) is 30.1 Å². The molecule has 1 unspecified atom stereocenters. The SMILES string of the molecule is Fc1ccc2cc(C3CCC3)[s+](C(F)(F)F)c2c1.O=S(=O)([O-])C(F)(F)F. The zero-order valence-electron chi connectivity index (χ0n) is 12.7. The molecule has 1 aliphatic carbocycles. The van der Waals surface area contributed by atoms with E-state index < -0.39 is 37.4 Å². The summed E-state index contributed by atoms with van der Waals surface area (Å²) in [5.41, 5.74) is -9.95. The fourth-order valence-corrected chi connectivity index (χ4v) is 4.56. The summed E-state index contributed by atoms with van der Waals surface area (Å²) in [5.74, 6) is -0.566. The summed E-state index contributed by atoms with van der Waals surface area (Å²) in [5, 5.41) is 0.527. The van der Waals surface area contributed by atoms with Gasteiger partial charge in [-0.1, -0.05) is 6.42 Å². The molecule has 1 aromatic heterocycles. The minimum Gasteiger partial charge on any atom is -0.741 e. The monoisotopic (exact) mass is 424 g/mol. The smallest absolute Gasteiger partial charge is 0.600 e. The maximum Gasteiger partial charge on any atom is 0.600 e. The third kappa shape index (κ3) is 4.46. The van der Waals surface area contributed by atoms with Gasteiger partial charge in [-0.15, -0.1) is 13.2 Å². The molecule has 12 heteroatoms. The minimum absolute atomic E-state index is 0.0328. The van der Waals surface area contributed by atoms with Gasteiger partial charge in [0.1, 0.15) is 5.82 Å². The Bertz CT molecular complexity index is 894. The molecule has 26 heavy (non-hydrogen) atoms. The second kappa shape index (κ2) is 6.97. The number of fused-ring (bicyclic) bond motifs is 1. The Labute approximate surface area is 146 Å². The van der Waals surface area contributed by atoms with E-state index in [-0.39, 0.29) is 10.6 Å². The molecule has 3 rings (SSSR count). The predicted octanol–water partition coefficient (Wildman–Crippen LogP) is 5.52. The molecule has 0 bridgehead atoms. The minimum atomic E-state index is -6.09. The number of rotatable bonds is 1. The fraction of sp³-hybridized carbons (Fsp3) is 0.429. The van der Waals surface area contributed by atoms with Crippen LogP contribution in [0, 0.1) is 5.82 Å². The van der Waals surface area contributed by atoms with E-state index in [4.69, 9.17) is 13.0 Å². The van der Waals surface area contributed by atoms with Gasteiger partial charge in [-0.3, -0.25) is 0 Å². The van der Waals surface area contributed by atoms with E-state index in [0.717, 1.165) is 25.3 Å². The molecule has 1 heterocycles. The first-order chi connectivity index (χ1) is 11.7. The summed E-state index contributed by atoms with van der Waals surface area (Å²) >= 11 is 0.